The summed E-state index contributed by atoms with van der Waals surface area (Å²) in [6, 6.07) is 13.7. The van der Waals surface area contributed by atoms with Crippen molar-refractivity contribution < 1.29 is 14.6 Å². The number of hydrogen-bond acceptors (Lipinski definition) is 4. The zero-order valence-corrected chi connectivity index (χ0v) is 11.6. The Hall–Kier alpha value is -2.46. The maximum absolute atomic E-state index is 11.4. The summed E-state index contributed by atoms with van der Waals surface area (Å²) >= 11 is 0. The molecule has 106 valence electrons. The summed E-state index contributed by atoms with van der Waals surface area (Å²) in [7, 11) is 1.27. The van der Waals surface area contributed by atoms with Gasteiger partial charge >= 0.3 is 5.97 Å². The molecule has 0 spiro atoms. The molecule has 0 fully saturated rings. The number of ether oxygens (including phenoxy) is 1. The van der Waals surface area contributed by atoms with E-state index < -0.39 is 12.1 Å². The van der Waals surface area contributed by atoms with Gasteiger partial charge in [0.1, 0.15) is 0 Å². The van der Waals surface area contributed by atoms with Crippen molar-refractivity contribution in [2.75, 3.05) is 7.11 Å². The van der Waals surface area contributed by atoms with Gasteiger partial charge in [-0.05, 0) is 17.0 Å². The van der Waals surface area contributed by atoms with Gasteiger partial charge in [-0.25, -0.2) is 4.79 Å². The van der Waals surface area contributed by atoms with Gasteiger partial charge in [0.25, 0.3) is 0 Å². The zero-order chi connectivity index (χ0) is 14.8. The number of esters is 1. The largest absolute Gasteiger partial charge is 0.467 e. The lowest BCUT2D eigenvalue weighted by atomic mass is 9.97. The molecule has 2 aromatic carbocycles. The van der Waals surface area contributed by atoms with Gasteiger partial charge in [-0.15, -0.1) is 0 Å². The van der Waals surface area contributed by atoms with E-state index in [9.17, 15) is 9.90 Å². The molecule has 1 N–H and O–H groups in total. The van der Waals surface area contributed by atoms with Crippen LogP contribution in [0, 0.1) is 0 Å². The number of aromatic nitrogens is 1. The topological polar surface area (TPSA) is 59.4 Å². The molecule has 1 heterocycles. The normalized spacial score (nSPS) is 12.5. The Labute approximate surface area is 122 Å². The van der Waals surface area contributed by atoms with Crippen LogP contribution in [0.5, 0.6) is 0 Å². The molecule has 0 aliphatic carbocycles. The highest BCUT2D eigenvalue weighted by Crippen LogP contribution is 2.27. The second-order valence-electron chi connectivity index (χ2n) is 4.90. The van der Waals surface area contributed by atoms with Crippen LogP contribution in [0.4, 0.5) is 0 Å². The van der Waals surface area contributed by atoms with Crippen molar-refractivity contribution in [3.05, 3.63) is 54.2 Å². The Balaban J connectivity index is 2.18. The van der Waals surface area contributed by atoms with E-state index in [-0.39, 0.29) is 6.42 Å². The van der Waals surface area contributed by atoms with Crippen LogP contribution in [0.2, 0.25) is 0 Å². The number of aliphatic hydroxyl groups excluding tert-OH is 1. The van der Waals surface area contributed by atoms with Gasteiger partial charge in [-0.2, -0.15) is 0 Å². The highest BCUT2D eigenvalue weighted by Gasteiger charge is 2.18. The minimum atomic E-state index is -1.17. The fraction of sp³-hybridized carbons (Fsp3) is 0.176. The van der Waals surface area contributed by atoms with E-state index in [0.717, 1.165) is 27.2 Å². The smallest absolute Gasteiger partial charge is 0.335 e. The molecule has 0 saturated heterocycles. The second-order valence-corrected chi connectivity index (χ2v) is 4.90. The SMILES string of the molecule is COC(=O)C(O)Cc1cccc2ccc3cccnc3c12. The summed E-state index contributed by atoms with van der Waals surface area (Å²) in [5.41, 5.74) is 1.76. The van der Waals surface area contributed by atoms with Crippen LogP contribution >= 0.6 is 0 Å². The van der Waals surface area contributed by atoms with Crippen molar-refractivity contribution in [2.45, 2.75) is 12.5 Å². The van der Waals surface area contributed by atoms with Crippen LogP contribution in [-0.2, 0) is 16.0 Å². The molecule has 0 aliphatic rings. The Morgan fingerprint density at radius 3 is 2.76 bits per heavy atom. The molecule has 0 saturated carbocycles. The average molecular weight is 281 g/mol. The first-order chi connectivity index (χ1) is 10.2. The van der Waals surface area contributed by atoms with E-state index in [2.05, 4.69) is 9.72 Å². The molecule has 4 nitrogen and oxygen atoms in total. The van der Waals surface area contributed by atoms with Gasteiger partial charge in [0.05, 0.1) is 12.6 Å². The third kappa shape index (κ3) is 2.45. The van der Waals surface area contributed by atoms with Crippen molar-refractivity contribution in [1.82, 2.24) is 4.98 Å². The number of hydrogen-bond donors (Lipinski definition) is 1. The first-order valence-electron chi connectivity index (χ1n) is 6.72. The number of benzene rings is 2. The Morgan fingerprint density at radius 2 is 1.95 bits per heavy atom. The summed E-state index contributed by atoms with van der Waals surface area (Å²) < 4.78 is 4.58. The fourth-order valence-corrected chi connectivity index (χ4v) is 2.59. The standard InChI is InChI=1S/C17H15NO3/c1-21-17(20)14(19)10-13-5-2-4-11-7-8-12-6-3-9-18-16(12)15(11)13/h2-9,14,19H,10H2,1H3. The van der Waals surface area contributed by atoms with Crippen molar-refractivity contribution in [3.8, 4) is 0 Å². The lowest BCUT2D eigenvalue weighted by molar-refractivity contribution is -0.150. The van der Waals surface area contributed by atoms with E-state index >= 15 is 0 Å². The summed E-state index contributed by atoms with van der Waals surface area (Å²) in [5, 5.41) is 12.9. The minimum Gasteiger partial charge on any atom is -0.467 e. The number of fused-ring (bicyclic) bond motifs is 3. The number of methoxy groups -OCH3 is 1. The summed E-state index contributed by atoms with van der Waals surface area (Å²) in [4.78, 5) is 15.9. The number of rotatable bonds is 3. The predicted octanol–water partition coefficient (Wildman–Crippen LogP) is 2.46. The summed E-state index contributed by atoms with van der Waals surface area (Å²) in [6.07, 6.45) is 0.786. The Kier molecular flexibility index (Phi) is 3.54. The van der Waals surface area contributed by atoms with E-state index in [1.807, 2.05) is 42.5 Å². The molecule has 0 amide bonds. The molecule has 4 heteroatoms. The fourth-order valence-electron chi connectivity index (χ4n) is 2.59. The quantitative estimate of drug-likeness (QED) is 0.592. The van der Waals surface area contributed by atoms with Crippen molar-refractivity contribution in [2.24, 2.45) is 0 Å². The van der Waals surface area contributed by atoms with Gasteiger partial charge in [-0.3, -0.25) is 4.98 Å². The third-order valence-electron chi connectivity index (χ3n) is 3.59. The summed E-state index contributed by atoms with van der Waals surface area (Å²) in [5.74, 6) is -0.625. The number of aliphatic hydroxyl groups is 1. The number of pyridine rings is 1. The first kappa shape index (κ1) is 13.5. The van der Waals surface area contributed by atoms with Crippen molar-refractivity contribution in [1.29, 1.82) is 0 Å². The molecule has 0 aliphatic heterocycles. The van der Waals surface area contributed by atoms with Crippen molar-refractivity contribution >= 4 is 27.6 Å². The third-order valence-corrected chi connectivity index (χ3v) is 3.59. The monoisotopic (exact) mass is 281 g/mol. The molecular weight excluding hydrogens is 266 g/mol. The Bertz CT molecular complexity index is 813. The number of carbonyl (C=O) groups is 1. The van der Waals surface area contributed by atoms with Gasteiger partial charge in [0, 0.05) is 23.4 Å². The molecule has 0 radical (unpaired) electrons. The molecular formula is C17H15NO3. The van der Waals surface area contributed by atoms with E-state index in [1.165, 1.54) is 7.11 Å². The van der Waals surface area contributed by atoms with Crippen LogP contribution in [0.25, 0.3) is 21.7 Å². The van der Waals surface area contributed by atoms with E-state index in [4.69, 9.17) is 0 Å². The van der Waals surface area contributed by atoms with Gasteiger partial charge in [-0.1, -0.05) is 36.4 Å². The molecule has 1 atom stereocenters. The highest BCUT2D eigenvalue weighted by atomic mass is 16.5. The lowest BCUT2D eigenvalue weighted by Gasteiger charge is -2.12. The highest BCUT2D eigenvalue weighted by molar-refractivity contribution is 6.07. The average Bonchev–Trinajstić information content (AvgIpc) is 2.53. The van der Waals surface area contributed by atoms with E-state index in [0.29, 0.717) is 0 Å². The van der Waals surface area contributed by atoms with Crippen LogP contribution in [0.3, 0.4) is 0 Å². The van der Waals surface area contributed by atoms with Crippen LogP contribution in [0.1, 0.15) is 5.56 Å². The Morgan fingerprint density at radius 1 is 1.19 bits per heavy atom. The molecule has 1 aromatic heterocycles. The number of carbonyl (C=O) groups excluding carboxylic acids is 1. The molecule has 1 unspecified atom stereocenters. The van der Waals surface area contributed by atoms with Gasteiger partial charge in [0.2, 0.25) is 0 Å². The van der Waals surface area contributed by atoms with Crippen molar-refractivity contribution in [3.63, 3.8) is 0 Å². The maximum atomic E-state index is 11.4. The first-order valence-corrected chi connectivity index (χ1v) is 6.72. The molecule has 3 rings (SSSR count). The maximum Gasteiger partial charge on any atom is 0.335 e. The predicted molar refractivity (Wildman–Crippen MR) is 81.0 cm³/mol. The zero-order valence-electron chi connectivity index (χ0n) is 11.6. The molecule has 21 heavy (non-hydrogen) atoms. The van der Waals surface area contributed by atoms with Gasteiger partial charge < -0.3 is 9.84 Å². The molecule has 3 aromatic rings. The van der Waals surface area contributed by atoms with E-state index in [1.54, 1.807) is 6.20 Å². The van der Waals surface area contributed by atoms with Gasteiger partial charge in [0.15, 0.2) is 6.10 Å². The lowest BCUT2D eigenvalue weighted by Crippen LogP contribution is -2.24. The summed E-state index contributed by atoms with van der Waals surface area (Å²) in [6.45, 7) is 0. The van der Waals surface area contributed by atoms with Crippen LogP contribution in [0.15, 0.2) is 48.7 Å². The number of nitrogens with zero attached hydrogens (tertiary/aromatic N) is 1. The molecule has 0 bridgehead atoms. The minimum absolute atomic E-state index is 0.208. The van der Waals surface area contributed by atoms with Crippen LogP contribution < -0.4 is 0 Å². The van der Waals surface area contributed by atoms with Crippen LogP contribution in [-0.4, -0.2) is 29.3 Å². The second kappa shape index (κ2) is 5.50.